The summed E-state index contributed by atoms with van der Waals surface area (Å²) in [4.78, 5) is 9.70. The number of aliphatic imine (C=N–C) groups is 2. The molecule has 4 aromatic carbocycles. The minimum absolute atomic E-state index is 0.0502. The summed E-state index contributed by atoms with van der Waals surface area (Å²) < 4.78 is 0. The van der Waals surface area contributed by atoms with Crippen molar-refractivity contribution < 1.29 is 0 Å². The van der Waals surface area contributed by atoms with Crippen molar-refractivity contribution in [3.63, 3.8) is 0 Å². The van der Waals surface area contributed by atoms with Crippen molar-refractivity contribution in [3.8, 4) is 0 Å². The molecule has 0 unspecified atom stereocenters. The van der Waals surface area contributed by atoms with Crippen LogP contribution >= 0.6 is 0 Å². The zero-order valence-electron chi connectivity index (χ0n) is 16.8. The Bertz CT molecular complexity index is 903. The fourth-order valence-corrected chi connectivity index (χ4v) is 3.52. The quantitative estimate of drug-likeness (QED) is 0.314. The van der Waals surface area contributed by atoms with Crippen LogP contribution in [0.25, 0.3) is 0 Å². The molecular formula is C28H24N2. The van der Waals surface area contributed by atoms with Gasteiger partial charge >= 0.3 is 0 Å². The Kier molecular flexibility index (Phi) is 6.59. The predicted octanol–water partition coefficient (Wildman–Crippen LogP) is 6.71. The van der Waals surface area contributed by atoms with E-state index in [2.05, 4.69) is 97.1 Å². The van der Waals surface area contributed by atoms with E-state index >= 15 is 0 Å². The Morgan fingerprint density at radius 1 is 0.367 bits per heavy atom. The number of hydrogen-bond acceptors (Lipinski definition) is 2. The molecule has 0 atom stereocenters. The third-order valence-corrected chi connectivity index (χ3v) is 5.00. The molecule has 0 aliphatic carbocycles. The average Bonchev–Trinajstić information content (AvgIpc) is 2.84. The van der Waals surface area contributed by atoms with Gasteiger partial charge in [-0.1, -0.05) is 121 Å². The normalized spacial score (nSPS) is 11.7. The van der Waals surface area contributed by atoms with Crippen molar-refractivity contribution in [1.82, 2.24) is 0 Å². The van der Waals surface area contributed by atoms with Crippen LogP contribution in [-0.4, -0.2) is 12.4 Å². The summed E-state index contributed by atoms with van der Waals surface area (Å²) in [6.07, 6.45) is 3.65. The lowest BCUT2D eigenvalue weighted by Crippen LogP contribution is -2.00. The van der Waals surface area contributed by atoms with E-state index in [1.54, 1.807) is 0 Å². The predicted molar refractivity (Wildman–Crippen MR) is 126 cm³/mol. The van der Waals surface area contributed by atoms with E-state index in [1.165, 1.54) is 0 Å². The maximum atomic E-state index is 4.85. The van der Waals surface area contributed by atoms with Gasteiger partial charge < -0.3 is 0 Å². The van der Waals surface area contributed by atoms with Gasteiger partial charge in [0.2, 0.25) is 0 Å². The van der Waals surface area contributed by atoms with Crippen molar-refractivity contribution >= 4 is 12.4 Å². The molecule has 0 spiro atoms. The van der Waals surface area contributed by atoms with Gasteiger partial charge in [0.25, 0.3) is 0 Å². The van der Waals surface area contributed by atoms with E-state index in [-0.39, 0.29) is 12.1 Å². The fraction of sp³-hybridized carbons (Fsp3) is 0.0714. The molecule has 2 nitrogen and oxygen atoms in total. The zero-order valence-corrected chi connectivity index (χ0v) is 16.8. The number of hydrogen-bond donors (Lipinski definition) is 0. The molecular weight excluding hydrogens is 364 g/mol. The second kappa shape index (κ2) is 10.1. The van der Waals surface area contributed by atoms with E-state index < -0.39 is 0 Å². The molecule has 0 bridgehead atoms. The Morgan fingerprint density at radius 3 is 0.833 bits per heavy atom. The van der Waals surface area contributed by atoms with E-state index in [0.717, 1.165) is 22.3 Å². The van der Waals surface area contributed by atoms with Gasteiger partial charge in [-0.15, -0.1) is 0 Å². The smallest absolute Gasteiger partial charge is 0.1000 e. The minimum atomic E-state index is -0.0502. The fourth-order valence-electron chi connectivity index (χ4n) is 3.52. The molecule has 0 amide bonds. The lowest BCUT2D eigenvalue weighted by molar-refractivity contribution is 0.873. The SMILES string of the molecule is C(C=NC(c1ccccc1)c1ccccc1)=NC(c1ccccc1)c1ccccc1. The molecule has 4 rings (SSSR count). The first-order valence-corrected chi connectivity index (χ1v) is 10.2. The Hall–Kier alpha value is -3.78. The summed E-state index contributed by atoms with van der Waals surface area (Å²) in [6.45, 7) is 0. The minimum Gasteiger partial charge on any atom is -0.279 e. The highest BCUT2D eigenvalue weighted by Crippen LogP contribution is 2.26. The molecule has 146 valence electrons. The molecule has 0 saturated carbocycles. The molecule has 0 saturated heterocycles. The lowest BCUT2D eigenvalue weighted by Gasteiger charge is -2.14. The first-order chi connectivity index (χ1) is 14.9. The van der Waals surface area contributed by atoms with Crippen molar-refractivity contribution in [2.45, 2.75) is 12.1 Å². The van der Waals surface area contributed by atoms with Crippen LogP contribution in [-0.2, 0) is 0 Å². The Labute approximate surface area is 178 Å². The second-order valence-electron chi connectivity index (χ2n) is 7.04. The summed E-state index contributed by atoms with van der Waals surface area (Å²) in [5.41, 5.74) is 4.65. The zero-order chi connectivity index (χ0) is 20.4. The number of benzene rings is 4. The molecule has 0 radical (unpaired) electrons. The van der Waals surface area contributed by atoms with Crippen molar-refractivity contribution in [2.75, 3.05) is 0 Å². The maximum Gasteiger partial charge on any atom is 0.1000 e. The van der Waals surface area contributed by atoms with Gasteiger partial charge in [-0.3, -0.25) is 9.98 Å². The van der Waals surface area contributed by atoms with Crippen LogP contribution in [0.4, 0.5) is 0 Å². The second-order valence-corrected chi connectivity index (χ2v) is 7.04. The first kappa shape index (κ1) is 19.5. The van der Waals surface area contributed by atoms with Crippen LogP contribution in [0.3, 0.4) is 0 Å². The summed E-state index contributed by atoms with van der Waals surface area (Å²) >= 11 is 0. The average molecular weight is 389 g/mol. The molecule has 0 heterocycles. The monoisotopic (exact) mass is 388 g/mol. The van der Waals surface area contributed by atoms with Gasteiger partial charge in [-0.2, -0.15) is 0 Å². The van der Waals surface area contributed by atoms with Crippen LogP contribution in [0.15, 0.2) is 131 Å². The van der Waals surface area contributed by atoms with Gasteiger partial charge in [0.1, 0.15) is 0 Å². The largest absolute Gasteiger partial charge is 0.279 e. The molecule has 2 heteroatoms. The summed E-state index contributed by atoms with van der Waals surface area (Å²) in [7, 11) is 0. The summed E-state index contributed by atoms with van der Waals surface area (Å²) in [6, 6.07) is 41.3. The van der Waals surface area contributed by atoms with Crippen molar-refractivity contribution in [3.05, 3.63) is 144 Å². The van der Waals surface area contributed by atoms with Crippen molar-refractivity contribution in [1.29, 1.82) is 0 Å². The van der Waals surface area contributed by atoms with Gasteiger partial charge in [-0.05, 0) is 22.3 Å². The highest BCUT2D eigenvalue weighted by molar-refractivity contribution is 6.16. The third-order valence-electron chi connectivity index (χ3n) is 5.00. The molecule has 30 heavy (non-hydrogen) atoms. The molecule has 0 fully saturated rings. The van der Waals surface area contributed by atoms with Crippen LogP contribution in [0.1, 0.15) is 34.3 Å². The lowest BCUT2D eigenvalue weighted by atomic mass is 9.99. The highest BCUT2D eigenvalue weighted by atomic mass is 14.8. The van der Waals surface area contributed by atoms with Gasteiger partial charge in [0, 0.05) is 12.4 Å². The van der Waals surface area contributed by atoms with Crippen LogP contribution < -0.4 is 0 Å². The van der Waals surface area contributed by atoms with Gasteiger partial charge in [0.05, 0.1) is 12.1 Å². The van der Waals surface area contributed by atoms with Gasteiger partial charge in [0.15, 0.2) is 0 Å². The highest BCUT2D eigenvalue weighted by Gasteiger charge is 2.12. The van der Waals surface area contributed by atoms with Gasteiger partial charge in [-0.25, -0.2) is 0 Å². The standard InChI is InChI=1S/C28H24N2/c1-5-13-23(14-6-1)27(24-15-7-2-8-16-24)29-21-22-30-28(25-17-9-3-10-18-25)26-19-11-4-12-20-26/h1-22,27-28H. The molecule has 0 aromatic heterocycles. The maximum absolute atomic E-state index is 4.85. The van der Waals surface area contributed by atoms with E-state index in [0.29, 0.717) is 0 Å². The summed E-state index contributed by atoms with van der Waals surface area (Å²) in [5.74, 6) is 0. The van der Waals surface area contributed by atoms with E-state index in [1.807, 2.05) is 36.7 Å². The third kappa shape index (κ3) is 4.98. The van der Waals surface area contributed by atoms with Crippen LogP contribution in [0.2, 0.25) is 0 Å². The Balaban J connectivity index is 1.61. The van der Waals surface area contributed by atoms with Crippen LogP contribution in [0.5, 0.6) is 0 Å². The molecule has 0 aliphatic rings. The van der Waals surface area contributed by atoms with E-state index in [9.17, 15) is 0 Å². The summed E-state index contributed by atoms with van der Waals surface area (Å²) in [5, 5.41) is 0. The number of nitrogens with zero attached hydrogens (tertiary/aromatic N) is 2. The Morgan fingerprint density at radius 2 is 0.600 bits per heavy atom. The molecule has 4 aromatic rings. The van der Waals surface area contributed by atoms with E-state index in [4.69, 9.17) is 9.98 Å². The van der Waals surface area contributed by atoms with Crippen molar-refractivity contribution in [2.24, 2.45) is 9.98 Å². The molecule has 0 N–H and O–H groups in total. The molecule has 0 aliphatic heterocycles. The van der Waals surface area contributed by atoms with Crippen LogP contribution in [0, 0.1) is 0 Å². The number of rotatable bonds is 7. The first-order valence-electron chi connectivity index (χ1n) is 10.2. The topological polar surface area (TPSA) is 24.7 Å².